The summed E-state index contributed by atoms with van der Waals surface area (Å²) in [5.41, 5.74) is 4.48. The zero-order chi connectivity index (χ0) is 14.5. The Morgan fingerprint density at radius 2 is 1.52 bits per heavy atom. The van der Waals surface area contributed by atoms with E-state index in [0.717, 1.165) is 29.8 Å². The number of aromatic nitrogens is 2. The molecule has 2 nitrogen and oxygen atoms in total. The first-order valence-corrected chi connectivity index (χ1v) is 7.42. The van der Waals surface area contributed by atoms with Crippen LogP contribution in [0.1, 0.15) is 11.3 Å². The van der Waals surface area contributed by atoms with Crippen LogP contribution in [0.15, 0.2) is 66.7 Å². The third-order valence-electron chi connectivity index (χ3n) is 3.40. The van der Waals surface area contributed by atoms with E-state index in [1.54, 1.807) is 0 Å². The van der Waals surface area contributed by atoms with Crippen molar-refractivity contribution in [2.45, 2.75) is 12.8 Å². The third kappa shape index (κ3) is 3.64. The van der Waals surface area contributed by atoms with Crippen LogP contribution in [0.4, 0.5) is 0 Å². The molecule has 0 aliphatic heterocycles. The van der Waals surface area contributed by atoms with E-state index in [-0.39, 0.29) is 0 Å². The van der Waals surface area contributed by atoms with Crippen molar-refractivity contribution in [3.05, 3.63) is 82.8 Å². The number of rotatable bonds is 4. The molecule has 3 aromatic rings. The van der Waals surface area contributed by atoms with Crippen LogP contribution in [-0.2, 0) is 12.8 Å². The van der Waals surface area contributed by atoms with Gasteiger partial charge in [0.2, 0.25) is 0 Å². The molecule has 0 amide bonds. The van der Waals surface area contributed by atoms with Crippen molar-refractivity contribution in [2.24, 2.45) is 0 Å². The molecule has 1 aromatic heterocycles. The van der Waals surface area contributed by atoms with E-state index in [4.69, 9.17) is 12.2 Å². The minimum atomic E-state index is 0.541. The molecule has 21 heavy (non-hydrogen) atoms. The smallest absolute Gasteiger partial charge is 0.197 e. The monoisotopic (exact) mass is 292 g/mol. The number of nitrogens with zero attached hydrogens (tertiary/aromatic N) is 1. The SMILES string of the molecule is S=c1nc(-c2ccccc2)cc(CCc2ccccc2)[nH]1. The summed E-state index contributed by atoms with van der Waals surface area (Å²) in [6, 6.07) is 22.7. The molecule has 0 saturated carbocycles. The van der Waals surface area contributed by atoms with E-state index < -0.39 is 0 Å². The van der Waals surface area contributed by atoms with Crippen molar-refractivity contribution in [1.82, 2.24) is 9.97 Å². The second kappa shape index (κ2) is 6.46. The van der Waals surface area contributed by atoms with Gasteiger partial charge in [0, 0.05) is 11.3 Å². The second-order valence-electron chi connectivity index (χ2n) is 4.95. The molecule has 0 bridgehead atoms. The lowest BCUT2D eigenvalue weighted by Gasteiger charge is -2.06. The highest BCUT2D eigenvalue weighted by Gasteiger charge is 2.02. The van der Waals surface area contributed by atoms with Gasteiger partial charge in [-0.2, -0.15) is 0 Å². The lowest BCUT2D eigenvalue weighted by Crippen LogP contribution is -1.98. The number of nitrogens with one attached hydrogen (secondary N) is 1. The average molecular weight is 292 g/mol. The predicted molar refractivity (Wildman–Crippen MR) is 88.7 cm³/mol. The van der Waals surface area contributed by atoms with E-state index in [0.29, 0.717) is 4.77 Å². The van der Waals surface area contributed by atoms with Crippen LogP contribution in [0.2, 0.25) is 0 Å². The molecule has 104 valence electrons. The molecule has 0 radical (unpaired) electrons. The van der Waals surface area contributed by atoms with Crippen molar-refractivity contribution in [3.8, 4) is 11.3 Å². The maximum absolute atomic E-state index is 5.25. The summed E-state index contributed by atoms with van der Waals surface area (Å²) in [7, 11) is 0. The fourth-order valence-corrected chi connectivity index (χ4v) is 2.55. The molecule has 0 aliphatic rings. The normalized spacial score (nSPS) is 10.5. The lowest BCUT2D eigenvalue weighted by atomic mass is 10.1. The summed E-state index contributed by atoms with van der Waals surface area (Å²) in [6.45, 7) is 0. The first-order chi connectivity index (χ1) is 10.3. The van der Waals surface area contributed by atoms with Crippen LogP contribution < -0.4 is 0 Å². The number of hydrogen-bond donors (Lipinski definition) is 1. The number of benzene rings is 2. The highest BCUT2D eigenvalue weighted by molar-refractivity contribution is 7.71. The average Bonchev–Trinajstić information content (AvgIpc) is 2.54. The van der Waals surface area contributed by atoms with Gasteiger partial charge < -0.3 is 4.98 Å². The highest BCUT2D eigenvalue weighted by atomic mass is 32.1. The van der Waals surface area contributed by atoms with Crippen molar-refractivity contribution in [2.75, 3.05) is 0 Å². The largest absolute Gasteiger partial charge is 0.334 e. The predicted octanol–water partition coefficient (Wildman–Crippen LogP) is 4.59. The molecule has 3 heteroatoms. The summed E-state index contributed by atoms with van der Waals surface area (Å²) in [6.07, 6.45) is 1.92. The number of hydrogen-bond acceptors (Lipinski definition) is 2. The maximum atomic E-state index is 5.25. The first-order valence-electron chi connectivity index (χ1n) is 7.01. The van der Waals surface area contributed by atoms with E-state index in [1.165, 1.54) is 5.56 Å². The van der Waals surface area contributed by atoms with E-state index in [9.17, 15) is 0 Å². The summed E-state index contributed by atoms with van der Waals surface area (Å²) >= 11 is 5.25. The second-order valence-corrected chi connectivity index (χ2v) is 5.34. The van der Waals surface area contributed by atoms with Crippen molar-refractivity contribution >= 4 is 12.2 Å². The molecule has 2 aromatic carbocycles. The van der Waals surface area contributed by atoms with Gasteiger partial charge in [-0.25, -0.2) is 4.98 Å². The molecule has 0 fully saturated rings. The van der Waals surface area contributed by atoms with Gasteiger partial charge >= 0.3 is 0 Å². The molecule has 1 N–H and O–H groups in total. The van der Waals surface area contributed by atoms with Crippen molar-refractivity contribution in [3.63, 3.8) is 0 Å². The van der Waals surface area contributed by atoms with Crippen molar-refractivity contribution < 1.29 is 0 Å². The Morgan fingerprint density at radius 1 is 0.857 bits per heavy atom. The third-order valence-corrected chi connectivity index (χ3v) is 3.59. The maximum Gasteiger partial charge on any atom is 0.197 e. The summed E-state index contributed by atoms with van der Waals surface area (Å²) in [4.78, 5) is 7.61. The van der Waals surface area contributed by atoms with Gasteiger partial charge in [0.25, 0.3) is 0 Å². The van der Waals surface area contributed by atoms with Gasteiger partial charge in [-0.3, -0.25) is 0 Å². The van der Waals surface area contributed by atoms with Gasteiger partial charge in [0.05, 0.1) is 5.69 Å². The fourth-order valence-electron chi connectivity index (χ4n) is 2.32. The molecule has 0 atom stereocenters. The zero-order valence-electron chi connectivity index (χ0n) is 11.6. The molecule has 0 unspecified atom stereocenters. The first kappa shape index (κ1) is 13.7. The Labute approximate surface area is 129 Å². The van der Waals surface area contributed by atoms with Crippen LogP contribution in [0.3, 0.4) is 0 Å². The summed E-state index contributed by atoms with van der Waals surface area (Å²) in [5.74, 6) is 0. The topological polar surface area (TPSA) is 28.7 Å². The molecule has 0 spiro atoms. The van der Waals surface area contributed by atoms with Crippen LogP contribution >= 0.6 is 12.2 Å². The quantitative estimate of drug-likeness (QED) is 0.712. The minimum Gasteiger partial charge on any atom is -0.334 e. The van der Waals surface area contributed by atoms with Gasteiger partial charge in [-0.05, 0) is 36.7 Å². The minimum absolute atomic E-state index is 0.541. The number of aryl methyl sites for hydroxylation is 2. The summed E-state index contributed by atoms with van der Waals surface area (Å²) in [5, 5.41) is 0. The van der Waals surface area contributed by atoms with E-state index >= 15 is 0 Å². The molecular weight excluding hydrogens is 276 g/mol. The molecule has 1 heterocycles. The highest BCUT2D eigenvalue weighted by Crippen LogP contribution is 2.17. The zero-order valence-corrected chi connectivity index (χ0v) is 12.4. The van der Waals surface area contributed by atoms with E-state index in [1.807, 2.05) is 24.3 Å². The summed E-state index contributed by atoms with van der Waals surface area (Å²) < 4.78 is 0.541. The van der Waals surface area contributed by atoms with E-state index in [2.05, 4.69) is 52.4 Å². The Hall–Kier alpha value is -2.26. The van der Waals surface area contributed by atoms with Gasteiger partial charge in [0.1, 0.15) is 0 Å². The Bertz CT molecular complexity index is 764. The Morgan fingerprint density at radius 3 is 2.24 bits per heavy atom. The van der Waals surface area contributed by atoms with Gasteiger partial charge in [0.15, 0.2) is 4.77 Å². The van der Waals surface area contributed by atoms with Crippen molar-refractivity contribution in [1.29, 1.82) is 0 Å². The lowest BCUT2D eigenvalue weighted by molar-refractivity contribution is 0.896. The van der Waals surface area contributed by atoms with Crippen LogP contribution in [-0.4, -0.2) is 9.97 Å². The van der Waals surface area contributed by atoms with Gasteiger partial charge in [-0.1, -0.05) is 60.7 Å². The molecular formula is C18H16N2S. The van der Waals surface area contributed by atoms with Gasteiger partial charge in [-0.15, -0.1) is 0 Å². The molecule has 0 saturated heterocycles. The molecule has 0 aliphatic carbocycles. The standard InChI is InChI=1S/C18H16N2S/c21-18-19-16(12-11-14-7-3-1-4-8-14)13-17(20-18)15-9-5-2-6-10-15/h1-10,13H,11-12H2,(H,19,20,21). The molecule has 3 rings (SSSR count). The van der Waals surface area contributed by atoms with Crippen LogP contribution in [0.25, 0.3) is 11.3 Å². The Balaban J connectivity index is 1.83. The number of aromatic amines is 1. The Kier molecular flexibility index (Phi) is 4.22. The number of H-pyrrole nitrogens is 1. The van der Waals surface area contributed by atoms with Crippen LogP contribution in [0.5, 0.6) is 0 Å². The fraction of sp³-hybridized carbons (Fsp3) is 0.111. The van der Waals surface area contributed by atoms with Crippen LogP contribution in [0, 0.1) is 4.77 Å².